The Labute approximate surface area is 158 Å². The van der Waals surface area contributed by atoms with E-state index < -0.39 is 17.2 Å². The van der Waals surface area contributed by atoms with Gasteiger partial charge in [0.1, 0.15) is 53.1 Å². The maximum Gasteiger partial charge on any atom is 0.268 e. The van der Waals surface area contributed by atoms with Crippen molar-refractivity contribution in [3.8, 4) is 29.0 Å². The number of benzene rings is 2. The lowest BCUT2D eigenvalue weighted by Gasteiger charge is -2.14. The molecule has 8 heteroatoms. The first-order valence-electron chi connectivity index (χ1n) is 7.97. The SMILES string of the molecule is N#Cc1c(N)[nH]c(=O)c(C#N)c1-c1ccccc1COc1cc(F)cc(F)c1. The zero-order valence-corrected chi connectivity index (χ0v) is 14.3. The van der Waals surface area contributed by atoms with Gasteiger partial charge in [-0.25, -0.2) is 8.78 Å². The fourth-order valence-corrected chi connectivity index (χ4v) is 2.78. The minimum Gasteiger partial charge on any atom is -0.489 e. The molecule has 0 amide bonds. The topological polar surface area (TPSA) is 116 Å². The molecule has 3 aromatic rings. The summed E-state index contributed by atoms with van der Waals surface area (Å²) in [5, 5.41) is 18.9. The number of nitrogens with two attached hydrogens (primary N) is 1. The molecule has 28 heavy (non-hydrogen) atoms. The third kappa shape index (κ3) is 3.53. The van der Waals surface area contributed by atoms with Crippen LogP contribution >= 0.6 is 0 Å². The molecule has 0 radical (unpaired) electrons. The van der Waals surface area contributed by atoms with E-state index in [1.165, 1.54) is 0 Å². The number of nitrogens with one attached hydrogen (secondary N) is 1. The standard InChI is InChI=1S/C20H12F2N4O2/c21-12-5-13(22)7-14(6-12)28-10-11-3-1-2-4-15(11)18-16(8-23)19(25)26-20(27)17(18)9-24/h1-7H,10H2,(H3,25,26,27). The van der Waals surface area contributed by atoms with Gasteiger partial charge in [0.2, 0.25) is 0 Å². The molecule has 1 heterocycles. The van der Waals surface area contributed by atoms with Gasteiger partial charge in [-0.2, -0.15) is 10.5 Å². The van der Waals surface area contributed by atoms with Crippen molar-refractivity contribution in [2.24, 2.45) is 0 Å². The van der Waals surface area contributed by atoms with Crippen LogP contribution in [0.4, 0.5) is 14.6 Å². The van der Waals surface area contributed by atoms with Crippen LogP contribution in [0.15, 0.2) is 47.3 Å². The van der Waals surface area contributed by atoms with Gasteiger partial charge in [-0.05, 0) is 11.1 Å². The first-order valence-corrected chi connectivity index (χ1v) is 7.97. The molecule has 0 unspecified atom stereocenters. The molecule has 6 nitrogen and oxygen atoms in total. The Balaban J connectivity index is 2.10. The average Bonchev–Trinajstić information content (AvgIpc) is 2.65. The summed E-state index contributed by atoms with van der Waals surface area (Å²) in [4.78, 5) is 14.4. The fourth-order valence-electron chi connectivity index (χ4n) is 2.78. The summed E-state index contributed by atoms with van der Waals surface area (Å²) in [6.07, 6.45) is 0. The molecule has 3 N–H and O–H groups in total. The normalized spacial score (nSPS) is 10.1. The molecular weight excluding hydrogens is 366 g/mol. The van der Waals surface area contributed by atoms with Crippen LogP contribution in [-0.2, 0) is 6.61 Å². The molecule has 0 aliphatic heterocycles. The van der Waals surface area contributed by atoms with Crippen molar-refractivity contribution in [3.63, 3.8) is 0 Å². The molecule has 0 saturated heterocycles. The van der Waals surface area contributed by atoms with Crippen LogP contribution in [0.1, 0.15) is 16.7 Å². The zero-order valence-electron chi connectivity index (χ0n) is 14.3. The summed E-state index contributed by atoms with van der Waals surface area (Å²) in [6, 6.07) is 13.0. The highest BCUT2D eigenvalue weighted by Gasteiger charge is 2.20. The van der Waals surface area contributed by atoms with Crippen LogP contribution < -0.4 is 16.0 Å². The smallest absolute Gasteiger partial charge is 0.268 e. The van der Waals surface area contributed by atoms with Gasteiger partial charge in [0.25, 0.3) is 5.56 Å². The van der Waals surface area contributed by atoms with Crippen LogP contribution in [0.2, 0.25) is 0 Å². The van der Waals surface area contributed by atoms with Gasteiger partial charge in [-0.3, -0.25) is 4.79 Å². The summed E-state index contributed by atoms with van der Waals surface area (Å²) in [5.41, 5.74) is 5.64. The number of hydrogen-bond acceptors (Lipinski definition) is 5. The molecule has 138 valence electrons. The van der Waals surface area contributed by atoms with E-state index in [0.717, 1.165) is 18.2 Å². The maximum atomic E-state index is 13.3. The third-order valence-electron chi connectivity index (χ3n) is 3.99. The third-order valence-corrected chi connectivity index (χ3v) is 3.99. The Morgan fingerprint density at radius 1 is 1.04 bits per heavy atom. The Hall–Kier alpha value is -4.17. The van der Waals surface area contributed by atoms with E-state index in [9.17, 15) is 24.1 Å². The van der Waals surface area contributed by atoms with Gasteiger partial charge < -0.3 is 15.5 Å². The minimum absolute atomic E-state index is 0.0289. The number of hydrogen-bond donors (Lipinski definition) is 2. The highest BCUT2D eigenvalue weighted by atomic mass is 19.1. The number of aromatic amines is 1. The van der Waals surface area contributed by atoms with Crippen molar-refractivity contribution < 1.29 is 13.5 Å². The zero-order chi connectivity index (χ0) is 20.3. The molecular formula is C20H12F2N4O2. The number of pyridine rings is 1. The molecule has 0 atom stereocenters. The van der Waals surface area contributed by atoms with Gasteiger partial charge in [0, 0.05) is 23.8 Å². The predicted molar refractivity (Wildman–Crippen MR) is 97.0 cm³/mol. The number of nitrogen functional groups attached to an aromatic ring is 1. The van der Waals surface area contributed by atoms with Crippen LogP contribution in [0.5, 0.6) is 5.75 Å². The second kappa shape index (κ2) is 7.60. The monoisotopic (exact) mass is 378 g/mol. The molecule has 0 aliphatic carbocycles. The average molecular weight is 378 g/mol. The van der Waals surface area contributed by atoms with Crippen LogP contribution in [-0.4, -0.2) is 4.98 Å². The number of anilines is 1. The number of nitrogens with zero attached hydrogens (tertiary/aromatic N) is 2. The van der Waals surface area contributed by atoms with Crippen LogP contribution in [0, 0.1) is 34.3 Å². The largest absolute Gasteiger partial charge is 0.489 e. The summed E-state index contributed by atoms with van der Waals surface area (Å²) in [6.45, 7) is -0.124. The number of halogens is 2. The van der Waals surface area contributed by atoms with E-state index in [-0.39, 0.29) is 34.9 Å². The second-order valence-electron chi connectivity index (χ2n) is 5.77. The summed E-state index contributed by atoms with van der Waals surface area (Å²) < 4.78 is 32.1. The number of aromatic nitrogens is 1. The van der Waals surface area contributed by atoms with Crippen molar-refractivity contribution in [2.45, 2.75) is 6.61 Å². The summed E-state index contributed by atoms with van der Waals surface area (Å²) in [5.74, 6) is -1.77. The van der Waals surface area contributed by atoms with E-state index in [1.54, 1.807) is 30.3 Å². The van der Waals surface area contributed by atoms with Crippen LogP contribution in [0.25, 0.3) is 11.1 Å². The Kier molecular flexibility index (Phi) is 5.05. The maximum absolute atomic E-state index is 13.3. The first kappa shape index (κ1) is 18.6. The Bertz CT molecular complexity index is 1190. The van der Waals surface area contributed by atoms with Gasteiger partial charge in [-0.1, -0.05) is 24.3 Å². The second-order valence-corrected chi connectivity index (χ2v) is 5.77. The molecule has 0 fully saturated rings. The minimum atomic E-state index is -0.788. The number of H-pyrrole nitrogens is 1. The lowest BCUT2D eigenvalue weighted by atomic mass is 9.93. The highest BCUT2D eigenvalue weighted by molar-refractivity contribution is 5.81. The number of ether oxygens (including phenoxy) is 1. The van der Waals surface area contributed by atoms with Gasteiger partial charge in [0.15, 0.2) is 0 Å². The predicted octanol–water partition coefficient (Wildman–Crippen LogP) is 3.22. The van der Waals surface area contributed by atoms with Gasteiger partial charge >= 0.3 is 0 Å². The van der Waals surface area contributed by atoms with Gasteiger partial charge in [0.05, 0.1) is 0 Å². The number of rotatable bonds is 4. The lowest BCUT2D eigenvalue weighted by Crippen LogP contribution is -2.17. The van der Waals surface area contributed by atoms with E-state index in [4.69, 9.17) is 10.5 Å². The Morgan fingerprint density at radius 3 is 2.32 bits per heavy atom. The first-order chi connectivity index (χ1) is 13.4. The summed E-state index contributed by atoms with van der Waals surface area (Å²) >= 11 is 0. The van der Waals surface area contributed by atoms with Crippen molar-refractivity contribution in [1.29, 1.82) is 10.5 Å². The van der Waals surface area contributed by atoms with Crippen molar-refractivity contribution in [3.05, 3.63) is 81.1 Å². The molecule has 2 aromatic carbocycles. The fraction of sp³-hybridized carbons (Fsp3) is 0.0500. The number of nitriles is 2. The molecule has 0 aliphatic rings. The van der Waals surface area contributed by atoms with Crippen molar-refractivity contribution >= 4 is 5.82 Å². The van der Waals surface area contributed by atoms with Crippen molar-refractivity contribution in [2.75, 3.05) is 5.73 Å². The van der Waals surface area contributed by atoms with Gasteiger partial charge in [-0.15, -0.1) is 0 Å². The van der Waals surface area contributed by atoms with E-state index in [1.807, 2.05) is 6.07 Å². The summed E-state index contributed by atoms with van der Waals surface area (Å²) in [7, 11) is 0. The molecule has 0 spiro atoms. The lowest BCUT2D eigenvalue weighted by molar-refractivity contribution is 0.303. The highest BCUT2D eigenvalue weighted by Crippen LogP contribution is 2.31. The van der Waals surface area contributed by atoms with E-state index >= 15 is 0 Å². The molecule has 0 saturated carbocycles. The Morgan fingerprint density at radius 2 is 1.68 bits per heavy atom. The quantitative estimate of drug-likeness (QED) is 0.723. The van der Waals surface area contributed by atoms with E-state index in [2.05, 4.69) is 4.98 Å². The molecule has 3 rings (SSSR count). The van der Waals surface area contributed by atoms with Crippen LogP contribution in [0.3, 0.4) is 0 Å². The van der Waals surface area contributed by atoms with Crippen molar-refractivity contribution in [1.82, 2.24) is 4.98 Å². The van der Waals surface area contributed by atoms with E-state index in [0.29, 0.717) is 11.1 Å². The molecule has 1 aromatic heterocycles. The molecule has 0 bridgehead atoms.